The molecule has 8 nitrogen and oxygen atoms in total. The number of nitrogens with one attached hydrogen (secondary N) is 2. The Kier molecular flexibility index (Phi) is 10.9. The van der Waals surface area contributed by atoms with Gasteiger partial charge in [0.25, 0.3) is 11.8 Å². The fraction of sp³-hybridized carbons (Fsp3) is 0.440. The molecule has 180 valence electrons. The Morgan fingerprint density at radius 3 is 1.36 bits per heavy atom. The monoisotopic (exact) mass is 458 g/mol. The van der Waals surface area contributed by atoms with Crippen molar-refractivity contribution in [1.29, 1.82) is 0 Å². The summed E-state index contributed by atoms with van der Waals surface area (Å²) in [6, 6.07) is 10.3. The summed E-state index contributed by atoms with van der Waals surface area (Å²) in [5.74, 6) is 1.94. The molecule has 2 aromatic carbocycles. The third-order valence-corrected chi connectivity index (χ3v) is 5.23. The molecule has 2 rings (SSSR count). The van der Waals surface area contributed by atoms with E-state index in [0.29, 0.717) is 47.2 Å². The van der Waals surface area contributed by atoms with E-state index in [1.807, 2.05) is 0 Å². The molecule has 0 saturated heterocycles. The van der Waals surface area contributed by atoms with Crippen LogP contribution < -0.4 is 29.6 Å². The third kappa shape index (κ3) is 7.89. The fourth-order valence-electron chi connectivity index (χ4n) is 3.35. The number of carbonyl (C=O) groups excluding carboxylic acids is 2. The molecule has 0 atom stereocenters. The normalized spacial score (nSPS) is 10.3. The summed E-state index contributed by atoms with van der Waals surface area (Å²) in [6.45, 7) is 1.20. The number of rotatable bonds is 14. The average molecular weight is 459 g/mol. The molecule has 2 aromatic rings. The Balaban J connectivity index is 1.60. The second-order valence-electron chi connectivity index (χ2n) is 7.41. The molecular weight excluding hydrogens is 424 g/mol. The largest absolute Gasteiger partial charge is 0.497 e. The highest BCUT2D eigenvalue weighted by atomic mass is 16.5. The standard InChI is InChI=1S/C25H34N2O6/c1-30-18-10-12-20(22(16-18)32-3)24(28)26-14-8-6-5-7-9-15-27-25(29)21-13-11-19(31-2)17-23(21)33-4/h10-13,16-17H,5-9,14-15H2,1-4H3,(H,26,28)(H,27,29). The Morgan fingerprint density at radius 1 is 0.606 bits per heavy atom. The van der Waals surface area contributed by atoms with Crippen molar-refractivity contribution in [2.24, 2.45) is 0 Å². The molecule has 0 aliphatic carbocycles. The molecule has 2 amide bonds. The van der Waals surface area contributed by atoms with Gasteiger partial charge in [-0.2, -0.15) is 0 Å². The van der Waals surface area contributed by atoms with E-state index in [2.05, 4.69) is 10.6 Å². The van der Waals surface area contributed by atoms with Gasteiger partial charge in [-0.3, -0.25) is 9.59 Å². The minimum atomic E-state index is -0.161. The topological polar surface area (TPSA) is 95.1 Å². The average Bonchev–Trinajstić information content (AvgIpc) is 2.86. The number of hydrogen-bond donors (Lipinski definition) is 2. The first-order valence-corrected chi connectivity index (χ1v) is 11.0. The minimum Gasteiger partial charge on any atom is -0.497 e. The summed E-state index contributed by atoms with van der Waals surface area (Å²) in [4.78, 5) is 24.7. The van der Waals surface area contributed by atoms with Crippen molar-refractivity contribution in [2.75, 3.05) is 41.5 Å². The SMILES string of the molecule is COc1ccc(C(=O)NCCCCCCCNC(=O)c2ccc(OC)cc2OC)c(OC)c1. The minimum absolute atomic E-state index is 0.161. The fourth-order valence-corrected chi connectivity index (χ4v) is 3.35. The molecular formula is C25H34N2O6. The first-order chi connectivity index (χ1) is 16.0. The van der Waals surface area contributed by atoms with Crippen LogP contribution in [0.1, 0.15) is 52.8 Å². The lowest BCUT2D eigenvalue weighted by Gasteiger charge is -2.11. The van der Waals surface area contributed by atoms with Crippen molar-refractivity contribution in [2.45, 2.75) is 32.1 Å². The maximum absolute atomic E-state index is 12.4. The number of carbonyl (C=O) groups is 2. The zero-order valence-electron chi connectivity index (χ0n) is 19.9. The van der Waals surface area contributed by atoms with Gasteiger partial charge in [0.1, 0.15) is 23.0 Å². The first-order valence-electron chi connectivity index (χ1n) is 11.0. The molecule has 0 unspecified atom stereocenters. The van der Waals surface area contributed by atoms with Gasteiger partial charge < -0.3 is 29.6 Å². The molecule has 0 saturated carbocycles. The van der Waals surface area contributed by atoms with Crippen LogP contribution in [0.5, 0.6) is 23.0 Å². The molecule has 0 bridgehead atoms. The molecule has 2 N–H and O–H groups in total. The maximum Gasteiger partial charge on any atom is 0.255 e. The summed E-state index contributed by atoms with van der Waals surface area (Å²) >= 11 is 0. The second-order valence-corrected chi connectivity index (χ2v) is 7.41. The summed E-state index contributed by atoms with van der Waals surface area (Å²) in [7, 11) is 6.20. The molecule has 8 heteroatoms. The molecule has 0 spiro atoms. The Labute approximate surface area is 195 Å². The number of amides is 2. The van der Waals surface area contributed by atoms with Crippen LogP contribution in [0, 0.1) is 0 Å². The van der Waals surface area contributed by atoms with Gasteiger partial charge in [0.15, 0.2) is 0 Å². The Hall–Kier alpha value is -3.42. The highest BCUT2D eigenvalue weighted by molar-refractivity contribution is 5.97. The Bertz CT molecular complexity index is 842. The quantitative estimate of drug-likeness (QED) is 0.418. The van der Waals surface area contributed by atoms with Gasteiger partial charge in [0.2, 0.25) is 0 Å². The summed E-state index contributed by atoms with van der Waals surface area (Å²) in [5.41, 5.74) is 0.977. The van der Waals surface area contributed by atoms with E-state index >= 15 is 0 Å². The van der Waals surface area contributed by atoms with Gasteiger partial charge in [-0.15, -0.1) is 0 Å². The van der Waals surface area contributed by atoms with E-state index in [1.165, 1.54) is 14.2 Å². The smallest absolute Gasteiger partial charge is 0.255 e. The van der Waals surface area contributed by atoms with Crippen LogP contribution in [0.2, 0.25) is 0 Å². The number of benzene rings is 2. The van der Waals surface area contributed by atoms with E-state index in [0.717, 1.165) is 32.1 Å². The van der Waals surface area contributed by atoms with Crippen LogP contribution in [0.15, 0.2) is 36.4 Å². The maximum atomic E-state index is 12.4. The second kappa shape index (κ2) is 13.9. The molecule has 33 heavy (non-hydrogen) atoms. The van der Waals surface area contributed by atoms with Crippen molar-refractivity contribution in [1.82, 2.24) is 10.6 Å². The van der Waals surface area contributed by atoms with Gasteiger partial charge in [0, 0.05) is 25.2 Å². The number of unbranched alkanes of at least 4 members (excludes halogenated alkanes) is 4. The molecule has 0 heterocycles. The predicted octanol–water partition coefficient (Wildman–Crippen LogP) is 3.83. The number of ether oxygens (including phenoxy) is 4. The lowest BCUT2D eigenvalue weighted by Crippen LogP contribution is -2.25. The van der Waals surface area contributed by atoms with Gasteiger partial charge in [-0.25, -0.2) is 0 Å². The molecule has 0 aromatic heterocycles. The van der Waals surface area contributed by atoms with Gasteiger partial charge >= 0.3 is 0 Å². The highest BCUT2D eigenvalue weighted by Crippen LogP contribution is 2.25. The third-order valence-electron chi connectivity index (χ3n) is 5.23. The van der Waals surface area contributed by atoms with Crippen molar-refractivity contribution < 1.29 is 28.5 Å². The lowest BCUT2D eigenvalue weighted by molar-refractivity contribution is 0.0942. The molecule has 0 fully saturated rings. The van der Waals surface area contributed by atoms with Crippen LogP contribution in [0.4, 0.5) is 0 Å². The van der Waals surface area contributed by atoms with Gasteiger partial charge in [0.05, 0.1) is 39.6 Å². The van der Waals surface area contributed by atoms with E-state index in [9.17, 15) is 9.59 Å². The zero-order chi connectivity index (χ0) is 24.1. The van der Waals surface area contributed by atoms with Crippen LogP contribution in [0.3, 0.4) is 0 Å². The van der Waals surface area contributed by atoms with Gasteiger partial charge in [-0.1, -0.05) is 19.3 Å². The Morgan fingerprint density at radius 2 is 1.00 bits per heavy atom. The number of hydrogen-bond acceptors (Lipinski definition) is 6. The van der Waals surface area contributed by atoms with Crippen LogP contribution in [-0.4, -0.2) is 53.3 Å². The predicted molar refractivity (Wildman–Crippen MR) is 127 cm³/mol. The lowest BCUT2D eigenvalue weighted by atomic mass is 10.1. The van der Waals surface area contributed by atoms with Crippen LogP contribution >= 0.6 is 0 Å². The molecule has 0 aliphatic heterocycles. The summed E-state index contributed by atoms with van der Waals surface area (Å²) in [6.07, 6.45) is 4.81. The number of methoxy groups -OCH3 is 4. The van der Waals surface area contributed by atoms with Gasteiger partial charge in [-0.05, 0) is 37.1 Å². The zero-order valence-corrected chi connectivity index (χ0v) is 19.9. The van der Waals surface area contributed by atoms with Crippen molar-refractivity contribution in [3.8, 4) is 23.0 Å². The van der Waals surface area contributed by atoms with Crippen LogP contribution in [0.25, 0.3) is 0 Å². The van der Waals surface area contributed by atoms with Crippen molar-refractivity contribution >= 4 is 11.8 Å². The van der Waals surface area contributed by atoms with E-state index in [-0.39, 0.29) is 11.8 Å². The molecule has 0 aliphatic rings. The van der Waals surface area contributed by atoms with Crippen molar-refractivity contribution in [3.05, 3.63) is 47.5 Å². The summed E-state index contributed by atoms with van der Waals surface area (Å²) in [5, 5.41) is 5.86. The van der Waals surface area contributed by atoms with E-state index < -0.39 is 0 Å². The van der Waals surface area contributed by atoms with E-state index in [1.54, 1.807) is 50.6 Å². The summed E-state index contributed by atoms with van der Waals surface area (Å²) < 4.78 is 20.9. The van der Waals surface area contributed by atoms with Crippen LogP contribution in [-0.2, 0) is 0 Å². The van der Waals surface area contributed by atoms with Crippen molar-refractivity contribution in [3.63, 3.8) is 0 Å². The first kappa shape index (κ1) is 25.8. The van der Waals surface area contributed by atoms with E-state index in [4.69, 9.17) is 18.9 Å². The molecule has 0 radical (unpaired) electrons. The highest BCUT2D eigenvalue weighted by Gasteiger charge is 2.13.